The molecule has 1 amide bonds. The maximum absolute atomic E-state index is 12.6. The zero-order chi connectivity index (χ0) is 14.5. The van der Waals surface area contributed by atoms with E-state index in [9.17, 15) is 18.0 Å². The van der Waals surface area contributed by atoms with Crippen LogP contribution in [-0.2, 0) is 0 Å². The van der Waals surface area contributed by atoms with Gasteiger partial charge in [0.15, 0.2) is 0 Å². The molecule has 0 aliphatic carbocycles. The number of nitrogens with one attached hydrogen (secondary N) is 1. The van der Waals surface area contributed by atoms with Crippen molar-refractivity contribution < 1.29 is 22.7 Å². The molecule has 0 bridgehead atoms. The van der Waals surface area contributed by atoms with Gasteiger partial charge in [-0.15, -0.1) is 0 Å². The summed E-state index contributed by atoms with van der Waals surface area (Å²) >= 11 is 0. The molecule has 0 atom stereocenters. The summed E-state index contributed by atoms with van der Waals surface area (Å²) in [4.78, 5) is 15.1. The van der Waals surface area contributed by atoms with E-state index >= 15 is 0 Å². The first-order valence-electron chi connectivity index (χ1n) is 5.52. The zero-order valence-electron chi connectivity index (χ0n) is 10.0. The average Bonchev–Trinajstić information content (AvgIpc) is 2.41. The summed E-state index contributed by atoms with van der Waals surface area (Å²) < 4.78 is 40.7. The molecule has 1 N–H and O–H groups in total. The molecule has 1 aromatic heterocycles. The van der Waals surface area contributed by atoms with E-state index in [1.54, 1.807) is 0 Å². The van der Waals surface area contributed by atoms with E-state index in [0.717, 1.165) is 12.3 Å². The molecule has 1 heterocycles. The minimum Gasteiger partial charge on any atom is -0.435 e. The predicted molar refractivity (Wildman–Crippen MR) is 65.2 cm³/mol. The normalized spacial score (nSPS) is 10.4. The lowest BCUT2D eigenvalue weighted by molar-refractivity contribution is -0.0498. The molecule has 0 radical (unpaired) electrons. The molecule has 104 valence electrons. The number of anilines is 1. The van der Waals surface area contributed by atoms with E-state index in [-0.39, 0.29) is 11.3 Å². The van der Waals surface area contributed by atoms with Gasteiger partial charge >= 0.3 is 6.61 Å². The second-order valence-electron chi connectivity index (χ2n) is 3.73. The number of pyridine rings is 1. The Morgan fingerprint density at radius 2 is 1.85 bits per heavy atom. The number of halogens is 3. The third kappa shape index (κ3) is 3.71. The summed E-state index contributed by atoms with van der Waals surface area (Å²) in [5.74, 6) is -1.18. The Labute approximate surface area is 112 Å². The van der Waals surface area contributed by atoms with Crippen molar-refractivity contribution in [2.24, 2.45) is 0 Å². The van der Waals surface area contributed by atoms with Gasteiger partial charge in [0.2, 0.25) is 5.95 Å². The zero-order valence-corrected chi connectivity index (χ0v) is 10.0. The van der Waals surface area contributed by atoms with E-state index in [4.69, 9.17) is 0 Å². The third-order valence-electron chi connectivity index (χ3n) is 2.33. The first-order valence-corrected chi connectivity index (χ1v) is 5.52. The number of hydrogen-bond donors (Lipinski definition) is 1. The Hall–Kier alpha value is -2.57. The van der Waals surface area contributed by atoms with Gasteiger partial charge in [0.05, 0.1) is 5.56 Å². The van der Waals surface area contributed by atoms with Crippen LogP contribution in [0.3, 0.4) is 0 Å². The number of amides is 1. The van der Waals surface area contributed by atoms with Crippen LogP contribution in [0.15, 0.2) is 42.6 Å². The molecule has 0 spiro atoms. The van der Waals surface area contributed by atoms with Gasteiger partial charge < -0.3 is 10.1 Å². The van der Waals surface area contributed by atoms with Crippen molar-refractivity contribution in [2.45, 2.75) is 6.61 Å². The van der Waals surface area contributed by atoms with Crippen LogP contribution in [0.1, 0.15) is 10.4 Å². The van der Waals surface area contributed by atoms with Gasteiger partial charge in [-0.05, 0) is 36.4 Å². The lowest BCUT2D eigenvalue weighted by Gasteiger charge is -2.07. The van der Waals surface area contributed by atoms with Crippen LogP contribution in [0.25, 0.3) is 0 Å². The number of benzene rings is 1. The molecule has 0 aliphatic heterocycles. The number of aromatic nitrogens is 1. The molecule has 0 saturated heterocycles. The summed E-state index contributed by atoms with van der Waals surface area (Å²) in [6, 6.07) is 7.76. The van der Waals surface area contributed by atoms with Crippen molar-refractivity contribution in [2.75, 3.05) is 5.32 Å². The number of alkyl halides is 2. The van der Waals surface area contributed by atoms with E-state index in [1.165, 1.54) is 30.3 Å². The number of nitrogens with zero attached hydrogens (tertiary/aromatic N) is 1. The van der Waals surface area contributed by atoms with Crippen LogP contribution >= 0.6 is 0 Å². The molecule has 7 heteroatoms. The lowest BCUT2D eigenvalue weighted by atomic mass is 10.2. The maximum Gasteiger partial charge on any atom is 0.387 e. The van der Waals surface area contributed by atoms with Gasteiger partial charge in [0.1, 0.15) is 5.75 Å². The monoisotopic (exact) mass is 282 g/mol. The molecule has 2 aromatic rings. The molecule has 0 unspecified atom stereocenters. The highest BCUT2D eigenvalue weighted by molar-refractivity contribution is 6.04. The van der Waals surface area contributed by atoms with Gasteiger partial charge in [-0.1, -0.05) is 0 Å². The molecular weight excluding hydrogens is 273 g/mol. The summed E-state index contributed by atoms with van der Waals surface area (Å²) in [7, 11) is 0. The standard InChI is InChI=1S/C13H9F3N2O2/c14-11-6-1-8(7-17-11)12(19)18-9-2-4-10(5-3-9)20-13(15)16/h1-7,13H,(H,18,19). The summed E-state index contributed by atoms with van der Waals surface area (Å²) in [5, 5.41) is 2.51. The fraction of sp³-hybridized carbons (Fsp3) is 0.0769. The van der Waals surface area contributed by atoms with Crippen LogP contribution in [-0.4, -0.2) is 17.5 Å². The van der Waals surface area contributed by atoms with Gasteiger partial charge in [-0.3, -0.25) is 4.79 Å². The molecule has 20 heavy (non-hydrogen) atoms. The number of carbonyl (C=O) groups excluding carboxylic acids is 1. The van der Waals surface area contributed by atoms with Gasteiger partial charge in [-0.2, -0.15) is 13.2 Å². The SMILES string of the molecule is O=C(Nc1ccc(OC(F)F)cc1)c1ccc(F)nc1. The first kappa shape index (κ1) is 13.9. The Morgan fingerprint density at radius 1 is 1.15 bits per heavy atom. The van der Waals surface area contributed by atoms with Gasteiger partial charge in [0.25, 0.3) is 5.91 Å². The second-order valence-corrected chi connectivity index (χ2v) is 3.73. The van der Waals surface area contributed by atoms with E-state index in [2.05, 4.69) is 15.0 Å². The highest BCUT2D eigenvalue weighted by Crippen LogP contribution is 2.18. The summed E-state index contributed by atoms with van der Waals surface area (Å²) in [6.45, 7) is -2.90. The largest absolute Gasteiger partial charge is 0.435 e. The van der Waals surface area contributed by atoms with Crippen LogP contribution in [0.5, 0.6) is 5.75 Å². The van der Waals surface area contributed by atoms with Gasteiger partial charge in [0, 0.05) is 11.9 Å². The van der Waals surface area contributed by atoms with Crippen LogP contribution in [0.4, 0.5) is 18.9 Å². The lowest BCUT2D eigenvalue weighted by Crippen LogP contribution is -2.12. The molecule has 2 rings (SSSR count). The molecule has 1 aromatic carbocycles. The van der Waals surface area contributed by atoms with Crippen LogP contribution < -0.4 is 10.1 Å². The maximum atomic E-state index is 12.6. The van der Waals surface area contributed by atoms with Crippen molar-refractivity contribution in [3.05, 3.63) is 54.1 Å². The van der Waals surface area contributed by atoms with E-state index in [1.807, 2.05) is 0 Å². The number of carbonyl (C=O) groups is 1. The highest BCUT2D eigenvalue weighted by atomic mass is 19.3. The molecule has 0 aliphatic rings. The Morgan fingerprint density at radius 3 is 2.40 bits per heavy atom. The minimum atomic E-state index is -2.90. The number of rotatable bonds is 4. The quantitative estimate of drug-likeness (QED) is 0.877. The topological polar surface area (TPSA) is 51.2 Å². The molecular formula is C13H9F3N2O2. The Bertz CT molecular complexity index is 586. The smallest absolute Gasteiger partial charge is 0.387 e. The van der Waals surface area contributed by atoms with E-state index < -0.39 is 18.5 Å². The van der Waals surface area contributed by atoms with Crippen molar-refractivity contribution in [1.29, 1.82) is 0 Å². The summed E-state index contributed by atoms with van der Waals surface area (Å²) in [5.41, 5.74) is 0.570. The fourth-order valence-corrected chi connectivity index (χ4v) is 1.43. The fourth-order valence-electron chi connectivity index (χ4n) is 1.43. The molecule has 0 fully saturated rings. The number of ether oxygens (including phenoxy) is 1. The van der Waals surface area contributed by atoms with Crippen molar-refractivity contribution >= 4 is 11.6 Å². The Balaban J connectivity index is 2.02. The van der Waals surface area contributed by atoms with E-state index in [0.29, 0.717) is 5.69 Å². The number of hydrogen-bond acceptors (Lipinski definition) is 3. The summed E-state index contributed by atoms with van der Waals surface area (Å²) in [6.07, 6.45) is 1.10. The van der Waals surface area contributed by atoms with Crippen molar-refractivity contribution in [3.8, 4) is 5.75 Å². The van der Waals surface area contributed by atoms with Crippen LogP contribution in [0.2, 0.25) is 0 Å². The predicted octanol–water partition coefficient (Wildman–Crippen LogP) is 3.07. The highest BCUT2D eigenvalue weighted by Gasteiger charge is 2.08. The van der Waals surface area contributed by atoms with Gasteiger partial charge in [-0.25, -0.2) is 4.98 Å². The first-order chi connectivity index (χ1) is 9.54. The second kappa shape index (κ2) is 6.05. The van der Waals surface area contributed by atoms with Crippen molar-refractivity contribution in [3.63, 3.8) is 0 Å². The average molecular weight is 282 g/mol. The molecule has 4 nitrogen and oxygen atoms in total. The molecule has 0 saturated carbocycles. The Kier molecular flexibility index (Phi) is 4.19. The van der Waals surface area contributed by atoms with Crippen molar-refractivity contribution in [1.82, 2.24) is 4.98 Å². The third-order valence-corrected chi connectivity index (χ3v) is 2.33. The minimum absolute atomic E-state index is 0.0125. The van der Waals surface area contributed by atoms with Crippen LogP contribution in [0, 0.1) is 5.95 Å².